The molecule has 0 spiro atoms. The van der Waals surface area contributed by atoms with E-state index >= 15 is 0 Å². The summed E-state index contributed by atoms with van der Waals surface area (Å²) in [6.07, 6.45) is 0. The lowest BCUT2D eigenvalue weighted by molar-refractivity contribution is 0.0713. The molecular formula is C16H18N2O3. The standard InChI is InChI=1S/C16H18N2O3/c1-12-6-7-15(21-12)16(20)18-10-8-17(9-11-18)13-4-2-3-5-14(13)19/h2-7,19H,8-11H2,1H3. The summed E-state index contributed by atoms with van der Waals surface area (Å²) < 4.78 is 5.38. The monoisotopic (exact) mass is 286 g/mol. The van der Waals surface area contributed by atoms with Gasteiger partial charge in [0.1, 0.15) is 11.5 Å². The number of aryl methyl sites for hydroxylation is 1. The van der Waals surface area contributed by atoms with Crippen LogP contribution in [0.25, 0.3) is 0 Å². The van der Waals surface area contributed by atoms with Crippen LogP contribution in [-0.2, 0) is 0 Å². The number of para-hydroxylation sites is 2. The number of anilines is 1. The number of nitrogens with zero attached hydrogens (tertiary/aromatic N) is 2. The molecule has 0 bridgehead atoms. The molecule has 1 N–H and O–H groups in total. The van der Waals surface area contributed by atoms with Crippen LogP contribution in [0, 0.1) is 6.92 Å². The van der Waals surface area contributed by atoms with E-state index in [1.807, 2.05) is 19.1 Å². The highest BCUT2D eigenvalue weighted by Gasteiger charge is 2.24. The van der Waals surface area contributed by atoms with Crippen molar-refractivity contribution in [3.8, 4) is 5.75 Å². The molecule has 5 heteroatoms. The van der Waals surface area contributed by atoms with Crippen LogP contribution in [0.2, 0.25) is 0 Å². The average Bonchev–Trinajstić information content (AvgIpc) is 2.94. The van der Waals surface area contributed by atoms with E-state index in [2.05, 4.69) is 4.90 Å². The van der Waals surface area contributed by atoms with Crippen LogP contribution in [0.3, 0.4) is 0 Å². The van der Waals surface area contributed by atoms with Crippen molar-refractivity contribution in [1.82, 2.24) is 4.90 Å². The Labute approximate surface area is 123 Å². The summed E-state index contributed by atoms with van der Waals surface area (Å²) in [5.41, 5.74) is 0.818. The SMILES string of the molecule is Cc1ccc(C(=O)N2CCN(c3ccccc3O)CC2)o1. The van der Waals surface area contributed by atoms with Gasteiger partial charge in [-0.05, 0) is 31.2 Å². The normalized spacial score (nSPS) is 15.3. The molecule has 110 valence electrons. The summed E-state index contributed by atoms with van der Waals surface area (Å²) in [4.78, 5) is 16.2. The molecule has 21 heavy (non-hydrogen) atoms. The maximum atomic E-state index is 12.3. The molecule has 5 nitrogen and oxygen atoms in total. The molecule has 0 saturated carbocycles. The van der Waals surface area contributed by atoms with E-state index in [1.165, 1.54) is 0 Å². The Bertz CT molecular complexity index is 642. The quantitative estimate of drug-likeness (QED) is 0.920. The molecule has 3 rings (SSSR count). The van der Waals surface area contributed by atoms with Gasteiger partial charge in [-0.25, -0.2) is 0 Å². The number of phenols is 1. The smallest absolute Gasteiger partial charge is 0.289 e. The molecule has 2 heterocycles. The van der Waals surface area contributed by atoms with E-state index in [0.717, 1.165) is 11.4 Å². The minimum atomic E-state index is -0.0694. The number of benzene rings is 1. The third-order valence-electron chi connectivity index (χ3n) is 3.74. The Hall–Kier alpha value is -2.43. The number of carbonyl (C=O) groups is 1. The van der Waals surface area contributed by atoms with Gasteiger partial charge in [0.25, 0.3) is 5.91 Å². The summed E-state index contributed by atoms with van der Waals surface area (Å²) in [6.45, 7) is 4.46. The second-order valence-corrected chi connectivity index (χ2v) is 5.18. The first-order valence-corrected chi connectivity index (χ1v) is 7.04. The van der Waals surface area contributed by atoms with Crippen LogP contribution < -0.4 is 4.90 Å². The van der Waals surface area contributed by atoms with Gasteiger partial charge in [0, 0.05) is 26.2 Å². The maximum Gasteiger partial charge on any atom is 0.289 e. The Morgan fingerprint density at radius 2 is 1.81 bits per heavy atom. The number of furan rings is 1. The molecule has 0 atom stereocenters. The first kappa shape index (κ1) is 13.5. The largest absolute Gasteiger partial charge is 0.506 e. The summed E-state index contributed by atoms with van der Waals surface area (Å²) in [7, 11) is 0. The Kier molecular flexibility index (Phi) is 3.56. The zero-order chi connectivity index (χ0) is 14.8. The number of phenolic OH excluding ortho intramolecular Hbond substituents is 1. The number of hydrogen-bond acceptors (Lipinski definition) is 4. The second-order valence-electron chi connectivity index (χ2n) is 5.18. The Morgan fingerprint density at radius 1 is 1.10 bits per heavy atom. The lowest BCUT2D eigenvalue weighted by Crippen LogP contribution is -2.48. The van der Waals surface area contributed by atoms with Crippen molar-refractivity contribution in [2.75, 3.05) is 31.1 Å². The predicted molar refractivity (Wildman–Crippen MR) is 79.7 cm³/mol. The molecule has 0 unspecified atom stereocenters. The molecule has 1 fully saturated rings. The van der Waals surface area contributed by atoms with Gasteiger partial charge in [-0.15, -0.1) is 0 Å². The van der Waals surface area contributed by atoms with Crippen molar-refractivity contribution in [2.24, 2.45) is 0 Å². The van der Waals surface area contributed by atoms with E-state index in [9.17, 15) is 9.90 Å². The number of aromatic hydroxyl groups is 1. The van der Waals surface area contributed by atoms with Crippen LogP contribution in [0.15, 0.2) is 40.8 Å². The van der Waals surface area contributed by atoms with Gasteiger partial charge in [0.2, 0.25) is 0 Å². The van der Waals surface area contributed by atoms with Crippen LogP contribution in [-0.4, -0.2) is 42.1 Å². The molecular weight excluding hydrogens is 268 g/mol. The highest BCUT2D eigenvalue weighted by Crippen LogP contribution is 2.27. The Balaban J connectivity index is 1.65. The third kappa shape index (κ3) is 2.72. The molecule has 1 saturated heterocycles. The lowest BCUT2D eigenvalue weighted by atomic mass is 10.2. The van der Waals surface area contributed by atoms with Crippen LogP contribution in [0.4, 0.5) is 5.69 Å². The summed E-state index contributed by atoms with van der Waals surface area (Å²) in [6, 6.07) is 10.8. The average molecular weight is 286 g/mol. The zero-order valence-corrected chi connectivity index (χ0v) is 12.0. The fourth-order valence-electron chi connectivity index (χ4n) is 2.59. The summed E-state index contributed by atoms with van der Waals surface area (Å²) >= 11 is 0. The van der Waals surface area contributed by atoms with Crippen molar-refractivity contribution in [2.45, 2.75) is 6.92 Å². The van der Waals surface area contributed by atoms with Gasteiger partial charge in [0.15, 0.2) is 5.76 Å². The highest BCUT2D eigenvalue weighted by atomic mass is 16.3. The second kappa shape index (κ2) is 5.52. The predicted octanol–water partition coefficient (Wildman–Crippen LogP) is 2.26. The zero-order valence-electron chi connectivity index (χ0n) is 12.0. The molecule has 2 aromatic rings. The molecule has 0 aliphatic carbocycles. The molecule has 1 aliphatic rings. The van der Waals surface area contributed by atoms with Crippen molar-refractivity contribution in [1.29, 1.82) is 0 Å². The van der Waals surface area contributed by atoms with Crippen molar-refractivity contribution >= 4 is 11.6 Å². The van der Waals surface area contributed by atoms with Gasteiger partial charge in [0.05, 0.1) is 5.69 Å². The van der Waals surface area contributed by atoms with Crippen LogP contribution in [0.5, 0.6) is 5.75 Å². The maximum absolute atomic E-state index is 12.3. The number of rotatable bonds is 2. The van der Waals surface area contributed by atoms with Gasteiger partial charge in [-0.1, -0.05) is 12.1 Å². The van der Waals surface area contributed by atoms with Gasteiger partial charge in [-0.3, -0.25) is 4.79 Å². The van der Waals surface area contributed by atoms with Crippen LogP contribution in [0.1, 0.15) is 16.3 Å². The molecule has 1 amide bonds. The van der Waals surface area contributed by atoms with E-state index in [1.54, 1.807) is 29.2 Å². The number of hydrogen-bond donors (Lipinski definition) is 1. The van der Waals surface area contributed by atoms with Gasteiger partial charge >= 0.3 is 0 Å². The fraction of sp³-hybridized carbons (Fsp3) is 0.312. The molecule has 0 radical (unpaired) electrons. The number of carbonyl (C=O) groups excluding carboxylic acids is 1. The number of amides is 1. The first-order valence-electron chi connectivity index (χ1n) is 7.04. The van der Waals surface area contributed by atoms with Crippen molar-refractivity contribution in [3.05, 3.63) is 47.9 Å². The number of piperazine rings is 1. The topological polar surface area (TPSA) is 56.9 Å². The van der Waals surface area contributed by atoms with E-state index in [4.69, 9.17) is 4.42 Å². The fourth-order valence-corrected chi connectivity index (χ4v) is 2.59. The van der Waals surface area contributed by atoms with Crippen molar-refractivity contribution < 1.29 is 14.3 Å². The van der Waals surface area contributed by atoms with E-state index < -0.39 is 0 Å². The first-order chi connectivity index (χ1) is 10.1. The summed E-state index contributed by atoms with van der Waals surface area (Å²) in [5, 5.41) is 9.88. The Morgan fingerprint density at radius 3 is 2.43 bits per heavy atom. The minimum Gasteiger partial charge on any atom is -0.506 e. The van der Waals surface area contributed by atoms with Gasteiger partial charge < -0.3 is 19.3 Å². The molecule has 1 aromatic heterocycles. The molecule has 1 aliphatic heterocycles. The van der Waals surface area contributed by atoms with E-state index in [-0.39, 0.29) is 11.7 Å². The minimum absolute atomic E-state index is 0.0694. The summed E-state index contributed by atoms with van der Waals surface area (Å²) in [5.74, 6) is 1.34. The van der Waals surface area contributed by atoms with Crippen molar-refractivity contribution in [3.63, 3.8) is 0 Å². The molecule has 1 aromatic carbocycles. The third-order valence-corrected chi connectivity index (χ3v) is 3.74. The highest BCUT2D eigenvalue weighted by molar-refractivity contribution is 5.91. The van der Waals surface area contributed by atoms with Crippen LogP contribution >= 0.6 is 0 Å². The van der Waals surface area contributed by atoms with Gasteiger partial charge in [-0.2, -0.15) is 0 Å². The van der Waals surface area contributed by atoms with E-state index in [0.29, 0.717) is 31.9 Å². The lowest BCUT2D eigenvalue weighted by Gasteiger charge is -2.35.